The smallest absolute Gasteiger partial charge is 0.279 e. The van der Waals surface area contributed by atoms with Crippen molar-refractivity contribution < 1.29 is 13.2 Å². The Balaban J connectivity index is 2.16. The van der Waals surface area contributed by atoms with Gasteiger partial charge in [0.2, 0.25) is 0 Å². The van der Waals surface area contributed by atoms with E-state index in [1.54, 1.807) is 0 Å². The molecule has 1 aliphatic heterocycles. The minimum Gasteiger partial charge on any atom is -0.493 e. The Labute approximate surface area is 128 Å². The first-order valence-electron chi connectivity index (χ1n) is 6.66. The van der Waals surface area contributed by atoms with Gasteiger partial charge in [0.15, 0.2) is 0 Å². The molecule has 1 aromatic rings. The Kier molecular flexibility index (Phi) is 5.06. The molecule has 0 bridgehead atoms. The fraction of sp³-hybridized carbons (Fsp3) is 0.538. The Hall–Kier alpha value is -0.630. The molecule has 1 heterocycles. The van der Waals surface area contributed by atoms with Gasteiger partial charge >= 0.3 is 0 Å². The number of rotatable bonds is 6. The van der Waals surface area contributed by atoms with Crippen molar-refractivity contribution in [2.24, 2.45) is 0 Å². The number of hydrogen-bond donors (Lipinski definition) is 1. The lowest BCUT2D eigenvalue weighted by Crippen LogP contribution is -2.40. The highest BCUT2D eigenvalue weighted by molar-refractivity contribution is 9.10. The van der Waals surface area contributed by atoms with Gasteiger partial charge in [0.1, 0.15) is 5.75 Å². The molecule has 1 N–H and O–H groups in total. The van der Waals surface area contributed by atoms with E-state index in [4.69, 9.17) is 4.74 Å². The van der Waals surface area contributed by atoms with Crippen LogP contribution in [0.4, 0.5) is 0 Å². The van der Waals surface area contributed by atoms with Gasteiger partial charge in [-0.1, -0.05) is 29.8 Å². The lowest BCUT2D eigenvalue weighted by Gasteiger charge is -2.19. The largest absolute Gasteiger partial charge is 0.493 e. The van der Waals surface area contributed by atoms with Crippen LogP contribution in [0.2, 0.25) is 0 Å². The molecule has 0 fully saturated rings. The number of benzene rings is 1. The van der Waals surface area contributed by atoms with Crippen molar-refractivity contribution in [3.63, 3.8) is 0 Å². The van der Waals surface area contributed by atoms with E-state index in [1.165, 1.54) is 4.31 Å². The molecule has 0 spiro atoms. The second kappa shape index (κ2) is 6.43. The Morgan fingerprint density at radius 2 is 2.05 bits per heavy atom. The summed E-state index contributed by atoms with van der Waals surface area (Å²) in [5.74, 6) is 0.815. The molecular weight excluding hydrogens is 344 g/mol. The summed E-state index contributed by atoms with van der Waals surface area (Å²) in [6.45, 7) is 5.45. The van der Waals surface area contributed by atoms with Crippen molar-refractivity contribution in [2.75, 3.05) is 19.7 Å². The molecule has 0 radical (unpaired) electrons. The summed E-state index contributed by atoms with van der Waals surface area (Å²) in [7, 11) is -3.44. The molecule has 0 amide bonds. The van der Waals surface area contributed by atoms with Crippen LogP contribution in [-0.4, -0.2) is 32.4 Å². The zero-order valence-electron chi connectivity index (χ0n) is 11.6. The van der Waals surface area contributed by atoms with Crippen molar-refractivity contribution >= 4 is 26.1 Å². The SMILES string of the molecule is CCN(CC)S(=O)(=O)NCc1cc(Br)cc2c1OCC2. The topological polar surface area (TPSA) is 58.6 Å². The standard InChI is InChI=1S/C13H19BrN2O3S/c1-3-16(4-2)20(17,18)15-9-11-8-12(14)7-10-5-6-19-13(10)11/h7-8,15H,3-6,9H2,1-2H3. The fourth-order valence-electron chi connectivity index (χ4n) is 2.30. The minimum absolute atomic E-state index is 0.237. The third-order valence-electron chi connectivity index (χ3n) is 3.32. The third-order valence-corrected chi connectivity index (χ3v) is 5.48. The summed E-state index contributed by atoms with van der Waals surface area (Å²) in [6.07, 6.45) is 0.866. The van der Waals surface area contributed by atoms with Crippen molar-refractivity contribution in [1.82, 2.24) is 9.03 Å². The molecule has 7 heteroatoms. The van der Waals surface area contributed by atoms with Crippen LogP contribution in [0.25, 0.3) is 0 Å². The maximum Gasteiger partial charge on any atom is 0.279 e. The number of nitrogens with zero attached hydrogens (tertiary/aromatic N) is 1. The van der Waals surface area contributed by atoms with Crippen molar-refractivity contribution in [3.8, 4) is 5.75 Å². The van der Waals surface area contributed by atoms with E-state index >= 15 is 0 Å². The molecule has 20 heavy (non-hydrogen) atoms. The first-order chi connectivity index (χ1) is 9.47. The molecule has 0 saturated heterocycles. The summed E-state index contributed by atoms with van der Waals surface area (Å²) >= 11 is 3.45. The number of nitrogens with one attached hydrogen (secondary N) is 1. The predicted molar refractivity (Wildman–Crippen MR) is 82.0 cm³/mol. The summed E-state index contributed by atoms with van der Waals surface area (Å²) < 4.78 is 34.8. The predicted octanol–water partition coefficient (Wildman–Crippen LogP) is 2.06. The van der Waals surface area contributed by atoms with Crippen LogP contribution in [0.5, 0.6) is 5.75 Å². The van der Waals surface area contributed by atoms with Gasteiger partial charge in [-0.15, -0.1) is 0 Å². The first kappa shape index (κ1) is 15.8. The molecule has 0 aromatic heterocycles. The summed E-state index contributed by atoms with van der Waals surface area (Å²) in [6, 6.07) is 3.92. The van der Waals surface area contributed by atoms with Gasteiger partial charge in [-0.3, -0.25) is 0 Å². The zero-order chi connectivity index (χ0) is 14.8. The van der Waals surface area contributed by atoms with Gasteiger partial charge in [0.05, 0.1) is 6.61 Å². The fourth-order valence-corrected chi connectivity index (χ4v) is 4.05. The van der Waals surface area contributed by atoms with Crippen LogP contribution in [0.15, 0.2) is 16.6 Å². The normalized spacial score (nSPS) is 14.4. The molecule has 0 saturated carbocycles. The average molecular weight is 363 g/mol. The van der Waals surface area contributed by atoms with Crippen molar-refractivity contribution in [1.29, 1.82) is 0 Å². The molecule has 1 aromatic carbocycles. The summed E-state index contributed by atoms with van der Waals surface area (Å²) in [5, 5.41) is 0. The maximum absolute atomic E-state index is 12.1. The second-order valence-corrected chi connectivity index (χ2v) is 7.23. The van der Waals surface area contributed by atoms with E-state index in [9.17, 15) is 8.42 Å². The monoisotopic (exact) mass is 362 g/mol. The van der Waals surface area contributed by atoms with Crippen molar-refractivity contribution in [2.45, 2.75) is 26.8 Å². The van der Waals surface area contributed by atoms with Gasteiger partial charge in [-0.2, -0.15) is 17.4 Å². The number of halogens is 1. The molecule has 0 aliphatic carbocycles. The van der Waals surface area contributed by atoms with E-state index < -0.39 is 10.2 Å². The van der Waals surface area contributed by atoms with E-state index in [1.807, 2.05) is 26.0 Å². The zero-order valence-corrected chi connectivity index (χ0v) is 14.1. The average Bonchev–Trinajstić information content (AvgIpc) is 2.85. The van der Waals surface area contributed by atoms with E-state index in [0.717, 1.165) is 27.8 Å². The lowest BCUT2D eigenvalue weighted by molar-refractivity contribution is 0.353. The van der Waals surface area contributed by atoms with Crippen LogP contribution in [0, 0.1) is 0 Å². The Bertz CT molecular complexity index is 586. The minimum atomic E-state index is -3.44. The summed E-state index contributed by atoms with van der Waals surface area (Å²) in [4.78, 5) is 0. The Morgan fingerprint density at radius 3 is 2.70 bits per heavy atom. The number of fused-ring (bicyclic) bond motifs is 1. The highest BCUT2D eigenvalue weighted by Gasteiger charge is 2.21. The van der Waals surface area contributed by atoms with Gasteiger partial charge in [0.25, 0.3) is 10.2 Å². The van der Waals surface area contributed by atoms with Gasteiger partial charge in [0, 0.05) is 36.1 Å². The molecule has 5 nitrogen and oxygen atoms in total. The van der Waals surface area contributed by atoms with E-state index in [0.29, 0.717) is 19.7 Å². The highest BCUT2D eigenvalue weighted by atomic mass is 79.9. The first-order valence-corrected chi connectivity index (χ1v) is 8.90. The maximum atomic E-state index is 12.1. The molecule has 0 unspecified atom stereocenters. The quantitative estimate of drug-likeness (QED) is 0.842. The second-order valence-electron chi connectivity index (χ2n) is 4.56. The van der Waals surface area contributed by atoms with Crippen molar-refractivity contribution in [3.05, 3.63) is 27.7 Å². The van der Waals surface area contributed by atoms with Gasteiger partial charge in [-0.05, 0) is 17.7 Å². The molecule has 0 atom stereocenters. The van der Waals surface area contributed by atoms with E-state index in [-0.39, 0.29) is 6.54 Å². The lowest BCUT2D eigenvalue weighted by atomic mass is 10.1. The van der Waals surface area contributed by atoms with Crippen LogP contribution in [0.3, 0.4) is 0 Å². The summed E-state index contributed by atoms with van der Waals surface area (Å²) in [5.41, 5.74) is 1.99. The molecular formula is C13H19BrN2O3S. The third kappa shape index (κ3) is 3.33. The molecule has 112 valence electrons. The van der Waals surface area contributed by atoms with E-state index in [2.05, 4.69) is 20.7 Å². The number of hydrogen-bond acceptors (Lipinski definition) is 3. The molecule has 1 aliphatic rings. The van der Waals surface area contributed by atoms with Gasteiger partial charge < -0.3 is 4.74 Å². The van der Waals surface area contributed by atoms with Crippen LogP contribution >= 0.6 is 15.9 Å². The van der Waals surface area contributed by atoms with Crippen LogP contribution in [-0.2, 0) is 23.2 Å². The molecule has 2 rings (SSSR count). The van der Waals surface area contributed by atoms with Crippen LogP contribution in [0.1, 0.15) is 25.0 Å². The van der Waals surface area contributed by atoms with Crippen LogP contribution < -0.4 is 9.46 Å². The van der Waals surface area contributed by atoms with Gasteiger partial charge in [-0.25, -0.2) is 0 Å². The Morgan fingerprint density at radius 1 is 1.35 bits per heavy atom. The number of ether oxygens (including phenoxy) is 1. The highest BCUT2D eigenvalue weighted by Crippen LogP contribution is 2.32.